The molecule has 0 saturated heterocycles. The van der Waals surface area contributed by atoms with Crippen LogP contribution in [-0.4, -0.2) is 26.8 Å². The molecule has 1 N–H and O–H groups in total. The Labute approximate surface area is 64.0 Å². The lowest BCUT2D eigenvalue weighted by Gasteiger charge is -2.13. The zero-order valence-corrected chi connectivity index (χ0v) is 7.31. The predicted molar refractivity (Wildman–Crippen MR) is 44.2 cm³/mol. The van der Waals surface area contributed by atoms with Crippen molar-refractivity contribution in [2.24, 2.45) is 0 Å². The molecule has 2 nitrogen and oxygen atoms in total. The fourth-order valence-corrected chi connectivity index (χ4v) is 1.04. The molecular formula is C8H19NO. The smallest absolute Gasteiger partial charge is 0.0477 e. The highest BCUT2D eigenvalue weighted by Gasteiger charge is 2.02. The van der Waals surface area contributed by atoms with Gasteiger partial charge < -0.3 is 10.1 Å². The molecule has 0 saturated carbocycles. The Morgan fingerprint density at radius 1 is 1.40 bits per heavy atom. The summed E-state index contributed by atoms with van der Waals surface area (Å²) in [5.41, 5.74) is 0. The van der Waals surface area contributed by atoms with Gasteiger partial charge in [-0.05, 0) is 19.9 Å². The first-order valence-electron chi connectivity index (χ1n) is 4.01. The molecule has 0 aliphatic carbocycles. The summed E-state index contributed by atoms with van der Waals surface area (Å²) in [4.78, 5) is 0. The summed E-state index contributed by atoms with van der Waals surface area (Å²) in [5, 5.41) is 3.26. The molecule has 0 rings (SSSR count). The third-order valence-corrected chi connectivity index (χ3v) is 1.72. The van der Waals surface area contributed by atoms with Crippen molar-refractivity contribution in [2.75, 3.05) is 20.8 Å². The number of methoxy groups -OCH3 is 1. The fourth-order valence-electron chi connectivity index (χ4n) is 1.04. The number of rotatable bonds is 6. The van der Waals surface area contributed by atoms with Crippen LogP contribution in [0.5, 0.6) is 0 Å². The number of hydrogen-bond donors (Lipinski definition) is 1. The third-order valence-electron chi connectivity index (χ3n) is 1.72. The highest BCUT2D eigenvalue weighted by atomic mass is 16.5. The average Bonchev–Trinajstić information content (AvgIpc) is 1.98. The lowest BCUT2D eigenvalue weighted by Crippen LogP contribution is -2.26. The molecule has 10 heavy (non-hydrogen) atoms. The average molecular weight is 145 g/mol. The first kappa shape index (κ1) is 9.92. The Bertz CT molecular complexity index is 66.3. The summed E-state index contributed by atoms with van der Waals surface area (Å²) < 4.78 is 4.98. The molecule has 62 valence electrons. The molecule has 0 spiro atoms. The molecule has 2 heteroatoms. The predicted octanol–water partition coefficient (Wildman–Crippen LogP) is 1.41. The maximum Gasteiger partial charge on any atom is 0.0477 e. The summed E-state index contributed by atoms with van der Waals surface area (Å²) >= 11 is 0. The van der Waals surface area contributed by atoms with Gasteiger partial charge in [0.25, 0.3) is 0 Å². The van der Waals surface area contributed by atoms with Gasteiger partial charge >= 0.3 is 0 Å². The maximum atomic E-state index is 4.98. The summed E-state index contributed by atoms with van der Waals surface area (Å²) in [7, 11) is 3.76. The van der Waals surface area contributed by atoms with E-state index in [-0.39, 0.29) is 0 Å². The molecule has 0 amide bonds. The Hall–Kier alpha value is -0.0800. The van der Waals surface area contributed by atoms with Crippen molar-refractivity contribution in [3.05, 3.63) is 0 Å². The molecule has 0 aromatic carbocycles. The highest BCUT2D eigenvalue weighted by Crippen LogP contribution is 2.00. The van der Waals surface area contributed by atoms with Crippen LogP contribution in [0.15, 0.2) is 0 Å². The van der Waals surface area contributed by atoms with E-state index in [2.05, 4.69) is 12.2 Å². The van der Waals surface area contributed by atoms with Gasteiger partial charge in [0.05, 0.1) is 0 Å². The van der Waals surface area contributed by atoms with Crippen molar-refractivity contribution in [1.29, 1.82) is 0 Å². The first-order valence-corrected chi connectivity index (χ1v) is 4.01. The fraction of sp³-hybridized carbons (Fsp3) is 1.00. The van der Waals surface area contributed by atoms with E-state index < -0.39 is 0 Å². The van der Waals surface area contributed by atoms with Crippen LogP contribution in [0.3, 0.4) is 0 Å². The lowest BCUT2D eigenvalue weighted by molar-refractivity contribution is 0.182. The van der Waals surface area contributed by atoms with E-state index in [1.165, 1.54) is 12.8 Å². The van der Waals surface area contributed by atoms with Crippen LogP contribution in [0, 0.1) is 0 Å². The van der Waals surface area contributed by atoms with Gasteiger partial charge in [-0.25, -0.2) is 0 Å². The molecule has 0 aromatic rings. The molecule has 0 heterocycles. The highest BCUT2D eigenvalue weighted by molar-refractivity contribution is 4.62. The van der Waals surface area contributed by atoms with E-state index in [1.54, 1.807) is 7.11 Å². The zero-order valence-electron chi connectivity index (χ0n) is 7.31. The Morgan fingerprint density at radius 2 is 2.10 bits per heavy atom. The van der Waals surface area contributed by atoms with E-state index >= 15 is 0 Å². The quantitative estimate of drug-likeness (QED) is 0.610. The minimum Gasteiger partial charge on any atom is -0.385 e. The van der Waals surface area contributed by atoms with Crippen LogP contribution in [0.1, 0.15) is 26.2 Å². The molecule has 0 bridgehead atoms. The number of nitrogens with one attached hydrogen (secondary N) is 1. The first-order chi connectivity index (χ1) is 4.85. The second-order valence-electron chi connectivity index (χ2n) is 2.56. The maximum absolute atomic E-state index is 4.98. The van der Waals surface area contributed by atoms with Gasteiger partial charge in [0.15, 0.2) is 0 Å². The van der Waals surface area contributed by atoms with Gasteiger partial charge in [-0.1, -0.05) is 13.3 Å². The molecule has 0 aromatic heterocycles. The van der Waals surface area contributed by atoms with E-state index in [0.29, 0.717) is 6.04 Å². The van der Waals surface area contributed by atoms with Gasteiger partial charge in [0.2, 0.25) is 0 Å². The topological polar surface area (TPSA) is 21.3 Å². The summed E-state index contributed by atoms with van der Waals surface area (Å²) in [6, 6.07) is 0.643. The second-order valence-corrected chi connectivity index (χ2v) is 2.56. The summed E-state index contributed by atoms with van der Waals surface area (Å²) in [5.74, 6) is 0. The van der Waals surface area contributed by atoms with E-state index in [4.69, 9.17) is 4.74 Å². The van der Waals surface area contributed by atoms with Crippen LogP contribution in [0.2, 0.25) is 0 Å². The van der Waals surface area contributed by atoms with Crippen LogP contribution >= 0.6 is 0 Å². The van der Waals surface area contributed by atoms with Crippen molar-refractivity contribution < 1.29 is 4.74 Å². The van der Waals surface area contributed by atoms with Crippen LogP contribution in [-0.2, 0) is 4.74 Å². The molecular weight excluding hydrogens is 126 g/mol. The third kappa shape index (κ3) is 4.77. The van der Waals surface area contributed by atoms with Crippen molar-refractivity contribution >= 4 is 0 Å². The van der Waals surface area contributed by atoms with Crippen LogP contribution < -0.4 is 5.32 Å². The standard InChI is InChI=1S/C8H19NO/c1-4-5-8(9-2)6-7-10-3/h8-9H,4-7H2,1-3H3. The molecule has 1 unspecified atom stereocenters. The normalized spacial score (nSPS) is 13.5. The van der Waals surface area contributed by atoms with Gasteiger partial charge in [-0.2, -0.15) is 0 Å². The van der Waals surface area contributed by atoms with Crippen molar-refractivity contribution in [1.82, 2.24) is 5.32 Å². The van der Waals surface area contributed by atoms with Crippen molar-refractivity contribution in [2.45, 2.75) is 32.2 Å². The van der Waals surface area contributed by atoms with Crippen LogP contribution in [0.4, 0.5) is 0 Å². The Kier molecular flexibility index (Phi) is 6.98. The lowest BCUT2D eigenvalue weighted by atomic mass is 10.1. The molecule has 0 aliphatic rings. The van der Waals surface area contributed by atoms with Gasteiger partial charge in [0.1, 0.15) is 0 Å². The largest absolute Gasteiger partial charge is 0.385 e. The van der Waals surface area contributed by atoms with Gasteiger partial charge in [0, 0.05) is 19.8 Å². The van der Waals surface area contributed by atoms with E-state index in [1.807, 2.05) is 7.05 Å². The monoisotopic (exact) mass is 145 g/mol. The SMILES string of the molecule is CCCC(CCOC)NC. The van der Waals surface area contributed by atoms with E-state index in [9.17, 15) is 0 Å². The Balaban J connectivity index is 3.21. The minimum atomic E-state index is 0.643. The Morgan fingerprint density at radius 3 is 2.50 bits per heavy atom. The van der Waals surface area contributed by atoms with Crippen molar-refractivity contribution in [3.63, 3.8) is 0 Å². The van der Waals surface area contributed by atoms with Crippen LogP contribution in [0.25, 0.3) is 0 Å². The second kappa shape index (κ2) is 7.03. The van der Waals surface area contributed by atoms with Gasteiger partial charge in [-0.15, -0.1) is 0 Å². The van der Waals surface area contributed by atoms with E-state index in [0.717, 1.165) is 13.0 Å². The number of ether oxygens (including phenoxy) is 1. The summed E-state index contributed by atoms with van der Waals surface area (Å²) in [6.07, 6.45) is 3.62. The minimum absolute atomic E-state index is 0.643. The zero-order chi connectivity index (χ0) is 7.82. The van der Waals surface area contributed by atoms with Gasteiger partial charge in [-0.3, -0.25) is 0 Å². The summed E-state index contributed by atoms with van der Waals surface area (Å²) in [6.45, 7) is 3.07. The molecule has 0 fully saturated rings. The molecule has 0 aliphatic heterocycles. The molecule has 1 atom stereocenters. The number of hydrogen-bond acceptors (Lipinski definition) is 2. The molecule has 0 radical (unpaired) electrons. The van der Waals surface area contributed by atoms with Crippen molar-refractivity contribution in [3.8, 4) is 0 Å².